The second-order valence-corrected chi connectivity index (χ2v) is 5.16. The van der Waals surface area contributed by atoms with E-state index in [9.17, 15) is 4.39 Å². The Morgan fingerprint density at radius 1 is 1.39 bits per heavy atom. The Kier molecular flexibility index (Phi) is 4.72. The van der Waals surface area contributed by atoms with Crippen molar-refractivity contribution in [2.45, 2.75) is 44.7 Å². The molecule has 3 heteroatoms. The van der Waals surface area contributed by atoms with E-state index in [-0.39, 0.29) is 11.9 Å². The van der Waals surface area contributed by atoms with Gasteiger partial charge in [-0.25, -0.2) is 4.39 Å². The lowest BCUT2D eigenvalue weighted by Crippen LogP contribution is -2.42. The van der Waals surface area contributed by atoms with Gasteiger partial charge in [0.2, 0.25) is 0 Å². The van der Waals surface area contributed by atoms with Crippen molar-refractivity contribution < 1.29 is 4.39 Å². The average molecular weight is 250 g/mol. The Morgan fingerprint density at radius 2 is 2.17 bits per heavy atom. The highest BCUT2D eigenvalue weighted by Crippen LogP contribution is 2.30. The van der Waals surface area contributed by atoms with Crippen molar-refractivity contribution in [2.24, 2.45) is 5.73 Å². The molecular weight excluding hydrogens is 227 g/mol. The van der Waals surface area contributed by atoms with Crippen molar-refractivity contribution in [1.29, 1.82) is 0 Å². The molecule has 0 aliphatic carbocycles. The molecule has 1 aromatic carbocycles. The lowest BCUT2D eigenvalue weighted by Gasteiger charge is -2.40. The lowest BCUT2D eigenvalue weighted by atomic mass is 9.95. The molecule has 0 bridgehead atoms. The van der Waals surface area contributed by atoms with Crippen LogP contribution in [0.5, 0.6) is 0 Å². The fraction of sp³-hybridized carbons (Fsp3) is 0.600. The van der Waals surface area contributed by atoms with Gasteiger partial charge in [-0.1, -0.05) is 24.6 Å². The maximum Gasteiger partial charge on any atom is 0.127 e. The minimum atomic E-state index is -0.0953. The summed E-state index contributed by atoms with van der Waals surface area (Å²) in [6.07, 6.45) is 4.68. The number of piperidine rings is 1. The van der Waals surface area contributed by atoms with E-state index in [0.29, 0.717) is 12.6 Å². The molecule has 2 atom stereocenters. The third-order valence-corrected chi connectivity index (χ3v) is 4.03. The summed E-state index contributed by atoms with van der Waals surface area (Å²) in [5.41, 5.74) is 6.50. The molecule has 0 spiro atoms. The van der Waals surface area contributed by atoms with Crippen LogP contribution in [-0.2, 0) is 0 Å². The molecule has 18 heavy (non-hydrogen) atoms. The van der Waals surface area contributed by atoms with Gasteiger partial charge in [0.1, 0.15) is 5.82 Å². The van der Waals surface area contributed by atoms with Crippen LogP contribution in [0.25, 0.3) is 0 Å². The number of likely N-dealkylation sites (tertiary alicyclic amines) is 1. The van der Waals surface area contributed by atoms with Crippen molar-refractivity contribution in [2.75, 3.05) is 13.1 Å². The zero-order valence-electron chi connectivity index (χ0n) is 11.1. The maximum absolute atomic E-state index is 13.9. The normalized spacial score (nSPS) is 22.9. The van der Waals surface area contributed by atoms with Crippen LogP contribution in [0.1, 0.15) is 44.2 Å². The van der Waals surface area contributed by atoms with Crippen LogP contribution >= 0.6 is 0 Å². The van der Waals surface area contributed by atoms with Crippen molar-refractivity contribution >= 4 is 0 Å². The molecule has 1 aliphatic heterocycles. The summed E-state index contributed by atoms with van der Waals surface area (Å²) in [4.78, 5) is 2.43. The first-order chi connectivity index (χ1) is 8.74. The lowest BCUT2D eigenvalue weighted by molar-refractivity contribution is 0.0966. The number of hydrogen-bond acceptors (Lipinski definition) is 2. The number of rotatable bonds is 4. The molecule has 1 aliphatic rings. The Hall–Kier alpha value is -0.930. The van der Waals surface area contributed by atoms with Gasteiger partial charge in [0.15, 0.2) is 0 Å². The Morgan fingerprint density at radius 3 is 2.89 bits per heavy atom. The van der Waals surface area contributed by atoms with Crippen molar-refractivity contribution in [3.63, 3.8) is 0 Å². The average Bonchev–Trinajstić information content (AvgIpc) is 2.40. The standard InChI is InChI=1S/C15H23FN2/c1-12(14-7-2-3-8-15(14)16)18-11-5-4-6-13(18)9-10-17/h2-3,7-8,12-13H,4-6,9-11,17H2,1H3. The van der Waals surface area contributed by atoms with E-state index < -0.39 is 0 Å². The number of benzene rings is 1. The minimum absolute atomic E-state index is 0.0953. The monoisotopic (exact) mass is 250 g/mol. The Labute approximate surface area is 109 Å². The highest BCUT2D eigenvalue weighted by Gasteiger charge is 2.27. The molecule has 2 nitrogen and oxygen atoms in total. The SMILES string of the molecule is CC(c1ccccc1F)N1CCCCC1CCN. The van der Waals surface area contributed by atoms with Crippen LogP contribution in [0.4, 0.5) is 4.39 Å². The van der Waals surface area contributed by atoms with E-state index in [0.717, 1.165) is 18.5 Å². The second kappa shape index (κ2) is 6.30. The van der Waals surface area contributed by atoms with Gasteiger partial charge < -0.3 is 5.73 Å². The van der Waals surface area contributed by atoms with Gasteiger partial charge in [-0.3, -0.25) is 4.90 Å². The van der Waals surface area contributed by atoms with Gasteiger partial charge in [0.25, 0.3) is 0 Å². The summed E-state index contributed by atoms with van der Waals surface area (Å²) in [5, 5.41) is 0. The molecule has 1 heterocycles. The van der Waals surface area contributed by atoms with Crippen molar-refractivity contribution in [1.82, 2.24) is 4.90 Å². The Bertz CT molecular complexity index is 379. The molecule has 0 saturated carbocycles. The molecule has 2 unspecified atom stereocenters. The quantitative estimate of drug-likeness (QED) is 0.889. The van der Waals surface area contributed by atoms with Crippen molar-refractivity contribution in [3.8, 4) is 0 Å². The summed E-state index contributed by atoms with van der Waals surface area (Å²) in [5.74, 6) is -0.0953. The predicted octanol–water partition coefficient (Wildman–Crippen LogP) is 3.09. The fourth-order valence-corrected chi connectivity index (χ4v) is 3.03. The van der Waals surface area contributed by atoms with Gasteiger partial charge >= 0.3 is 0 Å². The first-order valence-corrected chi connectivity index (χ1v) is 6.94. The molecular formula is C15H23FN2. The molecule has 2 rings (SSSR count). The van der Waals surface area contributed by atoms with Crippen LogP contribution in [0.3, 0.4) is 0 Å². The summed E-state index contributed by atoms with van der Waals surface area (Å²) in [6, 6.07) is 7.76. The van der Waals surface area contributed by atoms with E-state index in [1.807, 2.05) is 12.1 Å². The Balaban J connectivity index is 2.15. The van der Waals surface area contributed by atoms with Crippen LogP contribution in [0.15, 0.2) is 24.3 Å². The van der Waals surface area contributed by atoms with Crippen LogP contribution in [0, 0.1) is 5.82 Å². The molecule has 2 N–H and O–H groups in total. The van der Waals surface area contributed by atoms with Crippen LogP contribution in [0.2, 0.25) is 0 Å². The number of nitrogens with two attached hydrogens (primary N) is 1. The molecule has 0 amide bonds. The summed E-state index contributed by atoms with van der Waals surface area (Å²) in [6.45, 7) is 3.87. The van der Waals surface area contributed by atoms with Crippen LogP contribution in [-0.4, -0.2) is 24.0 Å². The van der Waals surface area contributed by atoms with E-state index in [1.54, 1.807) is 12.1 Å². The smallest absolute Gasteiger partial charge is 0.127 e. The highest BCUT2D eigenvalue weighted by atomic mass is 19.1. The number of hydrogen-bond donors (Lipinski definition) is 1. The third kappa shape index (κ3) is 2.90. The first kappa shape index (κ1) is 13.5. The number of nitrogens with zero attached hydrogens (tertiary/aromatic N) is 1. The predicted molar refractivity (Wildman–Crippen MR) is 72.8 cm³/mol. The largest absolute Gasteiger partial charge is 0.330 e. The van der Waals surface area contributed by atoms with E-state index in [2.05, 4.69) is 11.8 Å². The molecule has 100 valence electrons. The fourth-order valence-electron chi connectivity index (χ4n) is 3.03. The zero-order chi connectivity index (χ0) is 13.0. The number of halogens is 1. The minimum Gasteiger partial charge on any atom is -0.330 e. The molecule has 1 saturated heterocycles. The third-order valence-electron chi connectivity index (χ3n) is 4.03. The summed E-state index contributed by atoms with van der Waals surface area (Å²) < 4.78 is 13.9. The van der Waals surface area contributed by atoms with Gasteiger partial charge in [0.05, 0.1) is 0 Å². The van der Waals surface area contributed by atoms with Crippen molar-refractivity contribution in [3.05, 3.63) is 35.6 Å². The zero-order valence-corrected chi connectivity index (χ0v) is 11.1. The molecule has 0 aromatic heterocycles. The summed E-state index contributed by atoms with van der Waals surface area (Å²) >= 11 is 0. The second-order valence-electron chi connectivity index (χ2n) is 5.16. The maximum atomic E-state index is 13.9. The van der Waals surface area contributed by atoms with Gasteiger partial charge in [-0.05, 0) is 45.3 Å². The van der Waals surface area contributed by atoms with Gasteiger partial charge in [-0.2, -0.15) is 0 Å². The molecule has 1 aromatic rings. The van der Waals surface area contributed by atoms with E-state index in [1.165, 1.54) is 19.3 Å². The van der Waals surface area contributed by atoms with Gasteiger partial charge in [-0.15, -0.1) is 0 Å². The molecule has 0 radical (unpaired) electrons. The van der Waals surface area contributed by atoms with Crippen LogP contribution < -0.4 is 5.73 Å². The highest BCUT2D eigenvalue weighted by molar-refractivity contribution is 5.21. The van der Waals surface area contributed by atoms with E-state index in [4.69, 9.17) is 5.73 Å². The first-order valence-electron chi connectivity index (χ1n) is 6.94. The summed E-state index contributed by atoms with van der Waals surface area (Å²) in [7, 11) is 0. The van der Waals surface area contributed by atoms with Gasteiger partial charge in [0, 0.05) is 17.6 Å². The molecule has 1 fully saturated rings. The van der Waals surface area contributed by atoms with E-state index >= 15 is 0 Å². The topological polar surface area (TPSA) is 29.3 Å².